The summed E-state index contributed by atoms with van der Waals surface area (Å²) in [5, 5.41) is 3.00. The first-order valence-electron chi connectivity index (χ1n) is 8.45. The second kappa shape index (κ2) is 7.74. The number of pyridine rings is 1. The van der Waals surface area contributed by atoms with Gasteiger partial charge in [0.1, 0.15) is 17.1 Å². The molecule has 0 aliphatic heterocycles. The van der Waals surface area contributed by atoms with Crippen molar-refractivity contribution in [3.8, 4) is 5.75 Å². The van der Waals surface area contributed by atoms with Gasteiger partial charge in [-0.25, -0.2) is 9.97 Å². The summed E-state index contributed by atoms with van der Waals surface area (Å²) < 4.78 is 7.27. The van der Waals surface area contributed by atoms with E-state index in [9.17, 15) is 4.79 Å². The molecule has 0 radical (unpaired) electrons. The van der Waals surface area contributed by atoms with Gasteiger partial charge in [-0.2, -0.15) is 0 Å². The second-order valence-corrected chi connectivity index (χ2v) is 6.30. The average Bonchev–Trinajstić information content (AvgIpc) is 3.44. The van der Waals surface area contributed by atoms with Gasteiger partial charge in [-0.1, -0.05) is 12.1 Å². The number of halogens is 1. The fraction of sp³-hybridized carbons (Fsp3) is 0.316. The fourth-order valence-electron chi connectivity index (χ4n) is 2.88. The molecule has 1 aromatic carbocycles. The molecule has 0 spiro atoms. The standard InChI is InChI=1S/C19H20N4O2.ClH/c1-25-15-8-4-13(5-9-15)12-23-17(11-21-19(24)14-6-7-14)22-16-3-2-10-20-18(16)23;/h2-5,8-10,14H,6-7,11-12H2,1H3,(H,21,24);1H. The predicted molar refractivity (Wildman–Crippen MR) is 101 cm³/mol. The molecule has 0 saturated heterocycles. The molecule has 6 nitrogen and oxygen atoms in total. The van der Waals surface area contributed by atoms with Crippen LogP contribution in [0.3, 0.4) is 0 Å². The van der Waals surface area contributed by atoms with Gasteiger partial charge in [-0.15, -0.1) is 12.4 Å². The largest absolute Gasteiger partial charge is 0.497 e. The van der Waals surface area contributed by atoms with Gasteiger partial charge < -0.3 is 14.6 Å². The number of rotatable bonds is 6. The van der Waals surface area contributed by atoms with Gasteiger partial charge in [0, 0.05) is 12.1 Å². The number of fused-ring (bicyclic) bond motifs is 1. The van der Waals surface area contributed by atoms with Crippen LogP contribution in [0.5, 0.6) is 5.75 Å². The van der Waals surface area contributed by atoms with Crippen LogP contribution in [0.1, 0.15) is 24.2 Å². The average molecular weight is 373 g/mol. The zero-order chi connectivity index (χ0) is 17.2. The van der Waals surface area contributed by atoms with E-state index in [2.05, 4.69) is 19.9 Å². The van der Waals surface area contributed by atoms with Crippen molar-refractivity contribution in [3.05, 3.63) is 54.0 Å². The van der Waals surface area contributed by atoms with Crippen LogP contribution in [0.2, 0.25) is 0 Å². The maximum absolute atomic E-state index is 12.0. The van der Waals surface area contributed by atoms with Crippen LogP contribution in [0, 0.1) is 5.92 Å². The van der Waals surface area contributed by atoms with Gasteiger partial charge >= 0.3 is 0 Å². The molecule has 1 aliphatic carbocycles. The minimum atomic E-state index is 0. The monoisotopic (exact) mass is 372 g/mol. The SMILES string of the molecule is COc1ccc(Cn2c(CNC(=O)C3CC3)nc3cccnc32)cc1.Cl. The first kappa shape index (κ1) is 18.2. The van der Waals surface area contributed by atoms with Crippen molar-refractivity contribution in [2.45, 2.75) is 25.9 Å². The van der Waals surface area contributed by atoms with E-state index in [-0.39, 0.29) is 24.2 Å². The number of amides is 1. The summed E-state index contributed by atoms with van der Waals surface area (Å²) in [7, 11) is 1.66. The first-order valence-corrected chi connectivity index (χ1v) is 8.45. The van der Waals surface area contributed by atoms with Crippen molar-refractivity contribution in [1.82, 2.24) is 19.9 Å². The van der Waals surface area contributed by atoms with E-state index >= 15 is 0 Å². The van der Waals surface area contributed by atoms with Crippen LogP contribution < -0.4 is 10.1 Å². The molecule has 1 N–H and O–H groups in total. The highest BCUT2D eigenvalue weighted by atomic mass is 35.5. The maximum atomic E-state index is 12.0. The van der Waals surface area contributed by atoms with E-state index in [1.807, 2.05) is 36.4 Å². The molecule has 2 heterocycles. The number of hydrogen-bond donors (Lipinski definition) is 1. The van der Waals surface area contributed by atoms with Crippen molar-refractivity contribution in [1.29, 1.82) is 0 Å². The number of nitrogens with one attached hydrogen (secondary N) is 1. The highest BCUT2D eigenvalue weighted by molar-refractivity contribution is 5.85. The lowest BCUT2D eigenvalue weighted by atomic mass is 10.2. The number of imidazole rings is 1. The summed E-state index contributed by atoms with van der Waals surface area (Å²) in [4.78, 5) is 21.1. The summed E-state index contributed by atoms with van der Waals surface area (Å²) in [6, 6.07) is 11.8. The Bertz CT molecular complexity index is 904. The molecule has 0 unspecified atom stereocenters. The molecule has 7 heteroatoms. The molecule has 0 atom stereocenters. The number of nitrogens with zero attached hydrogens (tertiary/aromatic N) is 3. The third-order valence-corrected chi connectivity index (χ3v) is 4.45. The summed E-state index contributed by atoms with van der Waals surface area (Å²) in [5.74, 6) is 1.96. The number of carbonyl (C=O) groups excluding carboxylic acids is 1. The zero-order valence-electron chi connectivity index (χ0n) is 14.5. The summed E-state index contributed by atoms with van der Waals surface area (Å²) in [6.45, 7) is 1.06. The van der Waals surface area contributed by atoms with Crippen LogP contribution in [0.4, 0.5) is 0 Å². The molecule has 1 saturated carbocycles. The lowest BCUT2D eigenvalue weighted by molar-refractivity contribution is -0.122. The van der Waals surface area contributed by atoms with E-state index < -0.39 is 0 Å². The highest BCUT2D eigenvalue weighted by Crippen LogP contribution is 2.29. The Morgan fingerprint density at radius 1 is 1.27 bits per heavy atom. The number of carbonyl (C=O) groups is 1. The number of benzene rings is 1. The fourth-order valence-corrected chi connectivity index (χ4v) is 2.88. The Labute approximate surface area is 158 Å². The molecule has 26 heavy (non-hydrogen) atoms. The lowest BCUT2D eigenvalue weighted by Crippen LogP contribution is -2.26. The van der Waals surface area contributed by atoms with E-state index in [0.717, 1.165) is 41.1 Å². The van der Waals surface area contributed by atoms with E-state index in [1.54, 1.807) is 13.3 Å². The van der Waals surface area contributed by atoms with E-state index in [1.165, 1.54) is 0 Å². The molecular weight excluding hydrogens is 352 g/mol. The Kier molecular flexibility index (Phi) is 5.42. The summed E-state index contributed by atoms with van der Waals surface area (Å²) in [6.07, 6.45) is 3.76. The molecular formula is C19H21ClN4O2. The number of aromatic nitrogens is 3. The van der Waals surface area contributed by atoms with Crippen molar-refractivity contribution >= 4 is 29.5 Å². The minimum absolute atomic E-state index is 0. The molecule has 1 amide bonds. The lowest BCUT2D eigenvalue weighted by Gasteiger charge is -2.10. The zero-order valence-corrected chi connectivity index (χ0v) is 15.3. The Hall–Kier alpha value is -2.60. The molecule has 2 aromatic heterocycles. The molecule has 1 aliphatic rings. The van der Waals surface area contributed by atoms with Crippen molar-refractivity contribution in [2.24, 2.45) is 5.92 Å². The Balaban J connectivity index is 0.00000196. The first-order chi connectivity index (χ1) is 12.2. The van der Waals surface area contributed by atoms with Gasteiger partial charge in [0.25, 0.3) is 0 Å². The number of methoxy groups -OCH3 is 1. The third-order valence-electron chi connectivity index (χ3n) is 4.45. The molecule has 3 aromatic rings. The highest BCUT2D eigenvalue weighted by Gasteiger charge is 2.29. The van der Waals surface area contributed by atoms with Crippen molar-refractivity contribution < 1.29 is 9.53 Å². The Morgan fingerprint density at radius 3 is 2.73 bits per heavy atom. The molecule has 1 fully saturated rings. The van der Waals surface area contributed by atoms with Gasteiger partial charge in [-0.05, 0) is 42.7 Å². The normalized spacial score (nSPS) is 13.3. The second-order valence-electron chi connectivity index (χ2n) is 6.30. The van der Waals surface area contributed by atoms with E-state index in [0.29, 0.717) is 13.1 Å². The topological polar surface area (TPSA) is 69.0 Å². The van der Waals surface area contributed by atoms with Crippen LogP contribution in [-0.4, -0.2) is 27.6 Å². The summed E-state index contributed by atoms with van der Waals surface area (Å²) in [5.41, 5.74) is 2.79. The molecule has 136 valence electrons. The van der Waals surface area contributed by atoms with Crippen LogP contribution >= 0.6 is 12.4 Å². The Morgan fingerprint density at radius 2 is 2.04 bits per heavy atom. The van der Waals surface area contributed by atoms with E-state index in [4.69, 9.17) is 4.74 Å². The number of ether oxygens (including phenoxy) is 1. The van der Waals surface area contributed by atoms with Crippen molar-refractivity contribution in [3.63, 3.8) is 0 Å². The van der Waals surface area contributed by atoms with Gasteiger partial charge in [-0.3, -0.25) is 4.79 Å². The van der Waals surface area contributed by atoms with Crippen LogP contribution in [-0.2, 0) is 17.9 Å². The van der Waals surface area contributed by atoms with Gasteiger partial charge in [0.05, 0.1) is 20.2 Å². The summed E-state index contributed by atoms with van der Waals surface area (Å²) >= 11 is 0. The van der Waals surface area contributed by atoms with Crippen LogP contribution in [0.25, 0.3) is 11.2 Å². The molecule has 4 rings (SSSR count). The van der Waals surface area contributed by atoms with Crippen molar-refractivity contribution in [2.75, 3.05) is 7.11 Å². The quantitative estimate of drug-likeness (QED) is 0.722. The predicted octanol–water partition coefficient (Wildman–Crippen LogP) is 2.94. The smallest absolute Gasteiger partial charge is 0.223 e. The molecule has 0 bridgehead atoms. The van der Waals surface area contributed by atoms with Gasteiger partial charge in [0.2, 0.25) is 5.91 Å². The third kappa shape index (κ3) is 3.80. The number of hydrogen-bond acceptors (Lipinski definition) is 4. The van der Waals surface area contributed by atoms with Crippen LogP contribution in [0.15, 0.2) is 42.6 Å². The maximum Gasteiger partial charge on any atom is 0.223 e. The van der Waals surface area contributed by atoms with Gasteiger partial charge in [0.15, 0.2) is 5.65 Å². The minimum Gasteiger partial charge on any atom is -0.497 e.